The molecule has 72 valence electrons. The second-order valence-corrected chi connectivity index (χ2v) is 3.54. The van der Waals surface area contributed by atoms with E-state index in [1.807, 2.05) is 13.8 Å². The quantitative estimate of drug-likeness (QED) is 0.553. The van der Waals surface area contributed by atoms with Crippen LogP contribution in [0.4, 0.5) is 0 Å². The van der Waals surface area contributed by atoms with Crippen molar-refractivity contribution in [2.45, 2.75) is 20.0 Å². The number of amides is 1. The summed E-state index contributed by atoms with van der Waals surface area (Å²) in [6.45, 7) is 5.40. The molecule has 0 saturated carbocycles. The van der Waals surface area contributed by atoms with E-state index >= 15 is 0 Å². The summed E-state index contributed by atoms with van der Waals surface area (Å²) in [7, 11) is 0. The highest BCUT2D eigenvalue weighted by molar-refractivity contribution is 5.95. The van der Waals surface area contributed by atoms with Crippen molar-refractivity contribution in [2.24, 2.45) is 5.92 Å². The second-order valence-electron chi connectivity index (χ2n) is 3.54. The predicted molar refractivity (Wildman–Crippen MR) is 47.7 cm³/mol. The van der Waals surface area contributed by atoms with Crippen LogP contribution in [0.5, 0.6) is 0 Å². The molecule has 4 heteroatoms. The summed E-state index contributed by atoms with van der Waals surface area (Å²) in [6, 6.07) is 0. The summed E-state index contributed by atoms with van der Waals surface area (Å²) < 4.78 is 5.54. The highest BCUT2D eigenvalue weighted by atomic mass is 16.5. The fraction of sp³-hybridized carbons (Fsp3) is 0.667. The van der Waals surface area contributed by atoms with E-state index in [0.717, 1.165) is 12.1 Å². The first-order chi connectivity index (χ1) is 6.20. The summed E-state index contributed by atoms with van der Waals surface area (Å²) in [6.07, 6.45) is 0.0985. The molecule has 0 spiro atoms. The fourth-order valence-electron chi connectivity index (χ4n) is 1.69. The first kappa shape index (κ1) is 8.41. The number of ether oxygens (including phenoxy) is 1. The Morgan fingerprint density at radius 2 is 2.00 bits per heavy atom. The SMILES string of the molecule is CC1OC2=C(C(=O)NCCN2)C1C. The molecule has 0 fully saturated rings. The van der Waals surface area contributed by atoms with Crippen LogP contribution in [0, 0.1) is 5.92 Å². The van der Waals surface area contributed by atoms with Crippen molar-refractivity contribution in [2.75, 3.05) is 13.1 Å². The summed E-state index contributed by atoms with van der Waals surface area (Å²) in [5.41, 5.74) is 0.769. The number of hydrogen-bond donors (Lipinski definition) is 2. The van der Waals surface area contributed by atoms with Crippen LogP contribution in [0.3, 0.4) is 0 Å². The van der Waals surface area contributed by atoms with E-state index in [2.05, 4.69) is 10.6 Å². The molecule has 0 aromatic carbocycles. The van der Waals surface area contributed by atoms with Gasteiger partial charge in [-0.15, -0.1) is 0 Å². The Bertz CT molecular complexity index is 273. The third-order valence-corrected chi connectivity index (χ3v) is 2.65. The van der Waals surface area contributed by atoms with Crippen LogP contribution in [0.15, 0.2) is 11.5 Å². The highest BCUT2D eigenvalue weighted by Gasteiger charge is 2.35. The molecule has 0 aromatic heterocycles. The lowest BCUT2D eigenvalue weighted by molar-refractivity contribution is -0.117. The molecule has 13 heavy (non-hydrogen) atoms. The van der Waals surface area contributed by atoms with Gasteiger partial charge < -0.3 is 15.4 Å². The van der Waals surface area contributed by atoms with Crippen molar-refractivity contribution in [3.05, 3.63) is 11.5 Å². The maximum atomic E-state index is 11.6. The van der Waals surface area contributed by atoms with Crippen LogP contribution >= 0.6 is 0 Å². The van der Waals surface area contributed by atoms with Gasteiger partial charge >= 0.3 is 0 Å². The Morgan fingerprint density at radius 3 is 2.77 bits per heavy atom. The standard InChI is InChI=1S/C9H14N2O2/c1-5-6(2)13-9-7(5)8(12)10-3-4-11-9/h5-6,11H,3-4H2,1-2H3,(H,10,12). The van der Waals surface area contributed by atoms with E-state index < -0.39 is 0 Å². The van der Waals surface area contributed by atoms with Crippen molar-refractivity contribution in [3.8, 4) is 0 Å². The molecular weight excluding hydrogens is 168 g/mol. The Labute approximate surface area is 77.3 Å². The average molecular weight is 182 g/mol. The minimum Gasteiger partial charge on any atom is -0.475 e. The van der Waals surface area contributed by atoms with Crippen LogP contribution < -0.4 is 10.6 Å². The molecule has 2 unspecified atom stereocenters. The van der Waals surface area contributed by atoms with Gasteiger partial charge in [-0.1, -0.05) is 6.92 Å². The zero-order chi connectivity index (χ0) is 9.42. The average Bonchev–Trinajstić information content (AvgIpc) is 2.29. The second kappa shape index (κ2) is 2.94. The van der Waals surface area contributed by atoms with Gasteiger partial charge in [-0.2, -0.15) is 0 Å². The summed E-state index contributed by atoms with van der Waals surface area (Å²) in [5, 5.41) is 5.94. The number of nitrogens with one attached hydrogen (secondary N) is 2. The smallest absolute Gasteiger partial charge is 0.253 e. The highest BCUT2D eigenvalue weighted by Crippen LogP contribution is 2.29. The largest absolute Gasteiger partial charge is 0.475 e. The van der Waals surface area contributed by atoms with Crippen molar-refractivity contribution >= 4 is 5.91 Å². The number of rotatable bonds is 0. The van der Waals surface area contributed by atoms with E-state index in [0.29, 0.717) is 12.4 Å². The molecule has 0 saturated heterocycles. The third-order valence-electron chi connectivity index (χ3n) is 2.65. The van der Waals surface area contributed by atoms with Gasteiger partial charge in [0.05, 0.1) is 5.57 Å². The van der Waals surface area contributed by atoms with E-state index in [9.17, 15) is 4.79 Å². The van der Waals surface area contributed by atoms with E-state index in [1.165, 1.54) is 0 Å². The Morgan fingerprint density at radius 1 is 1.31 bits per heavy atom. The van der Waals surface area contributed by atoms with Gasteiger partial charge in [0.15, 0.2) is 5.88 Å². The molecule has 4 nitrogen and oxygen atoms in total. The lowest BCUT2D eigenvalue weighted by Gasteiger charge is -2.12. The number of carbonyl (C=O) groups is 1. The van der Waals surface area contributed by atoms with Gasteiger partial charge in [0.1, 0.15) is 6.10 Å². The van der Waals surface area contributed by atoms with E-state index in [1.54, 1.807) is 0 Å². The fourth-order valence-corrected chi connectivity index (χ4v) is 1.69. The normalized spacial score (nSPS) is 32.9. The molecule has 2 aliphatic rings. The summed E-state index contributed by atoms with van der Waals surface area (Å²) in [5.74, 6) is 0.868. The Hall–Kier alpha value is -1.19. The van der Waals surface area contributed by atoms with Gasteiger partial charge in [0.25, 0.3) is 5.91 Å². The summed E-state index contributed by atoms with van der Waals surface area (Å²) >= 11 is 0. The molecule has 2 N–H and O–H groups in total. The van der Waals surface area contributed by atoms with Crippen LogP contribution in [0.2, 0.25) is 0 Å². The minimum atomic E-state index is 0.0110. The van der Waals surface area contributed by atoms with Crippen LogP contribution in [-0.2, 0) is 9.53 Å². The van der Waals surface area contributed by atoms with Gasteiger partial charge in [-0.05, 0) is 6.92 Å². The maximum absolute atomic E-state index is 11.6. The molecule has 2 atom stereocenters. The zero-order valence-electron chi connectivity index (χ0n) is 7.89. The van der Waals surface area contributed by atoms with Gasteiger partial charge in [0.2, 0.25) is 0 Å². The van der Waals surface area contributed by atoms with Crippen LogP contribution in [0.1, 0.15) is 13.8 Å². The monoisotopic (exact) mass is 182 g/mol. The molecule has 0 aromatic rings. The minimum absolute atomic E-state index is 0.0110. The number of hydrogen-bond acceptors (Lipinski definition) is 3. The van der Waals surface area contributed by atoms with Crippen molar-refractivity contribution in [1.82, 2.24) is 10.6 Å². The first-order valence-corrected chi connectivity index (χ1v) is 4.63. The maximum Gasteiger partial charge on any atom is 0.253 e. The van der Waals surface area contributed by atoms with Crippen molar-refractivity contribution in [3.63, 3.8) is 0 Å². The Kier molecular flexibility index (Phi) is 1.90. The molecule has 0 bridgehead atoms. The molecule has 2 heterocycles. The van der Waals surface area contributed by atoms with Crippen molar-refractivity contribution < 1.29 is 9.53 Å². The van der Waals surface area contributed by atoms with Gasteiger partial charge in [0, 0.05) is 19.0 Å². The topological polar surface area (TPSA) is 50.4 Å². The molecule has 1 amide bonds. The van der Waals surface area contributed by atoms with Crippen LogP contribution in [0.25, 0.3) is 0 Å². The number of carbonyl (C=O) groups excluding carboxylic acids is 1. The Balaban J connectivity index is 2.30. The van der Waals surface area contributed by atoms with Crippen LogP contribution in [-0.4, -0.2) is 25.1 Å². The van der Waals surface area contributed by atoms with E-state index in [4.69, 9.17) is 4.74 Å². The lowest BCUT2D eigenvalue weighted by atomic mass is 9.98. The third kappa shape index (κ3) is 1.26. The molecular formula is C9H14N2O2. The van der Waals surface area contributed by atoms with Gasteiger partial charge in [-0.25, -0.2) is 0 Å². The summed E-state index contributed by atoms with van der Waals surface area (Å²) in [4.78, 5) is 11.6. The van der Waals surface area contributed by atoms with Crippen molar-refractivity contribution in [1.29, 1.82) is 0 Å². The van der Waals surface area contributed by atoms with E-state index in [-0.39, 0.29) is 17.9 Å². The zero-order valence-corrected chi connectivity index (χ0v) is 7.89. The lowest BCUT2D eigenvalue weighted by Crippen LogP contribution is -2.30. The molecule has 0 aliphatic carbocycles. The molecule has 2 aliphatic heterocycles. The first-order valence-electron chi connectivity index (χ1n) is 4.63. The van der Waals surface area contributed by atoms with Gasteiger partial charge in [-0.3, -0.25) is 4.79 Å². The predicted octanol–water partition coefficient (Wildman–Crippen LogP) is -0.0278. The molecule has 0 radical (unpaired) electrons. The molecule has 2 rings (SSSR count).